The van der Waals surface area contributed by atoms with Crippen LogP contribution in [0.5, 0.6) is 11.5 Å². The normalized spacial score (nSPS) is 10.4. The van der Waals surface area contributed by atoms with Gasteiger partial charge in [-0.25, -0.2) is 4.39 Å². The topological polar surface area (TPSA) is 35.2 Å². The highest BCUT2D eigenvalue weighted by atomic mass is 35.5. The maximum absolute atomic E-state index is 13.0. The van der Waals surface area contributed by atoms with Crippen molar-refractivity contribution in [3.05, 3.63) is 58.4 Å². The van der Waals surface area contributed by atoms with Crippen molar-refractivity contribution in [3.8, 4) is 11.5 Å². The Morgan fingerprint density at radius 1 is 1.28 bits per heavy atom. The number of aryl methyl sites for hydroxylation is 1. The van der Waals surface area contributed by atoms with Gasteiger partial charge in [-0.05, 0) is 30.7 Å². The summed E-state index contributed by atoms with van der Waals surface area (Å²) < 4.78 is 18.7. The molecule has 94 valence electrons. The van der Waals surface area contributed by atoms with Crippen molar-refractivity contribution in [2.75, 3.05) is 0 Å². The van der Waals surface area contributed by atoms with E-state index in [4.69, 9.17) is 22.1 Å². The van der Waals surface area contributed by atoms with Crippen molar-refractivity contribution in [2.45, 2.75) is 13.5 Å². The summed E-state index contributed by atoms with van der Waals surface area (Å²) in [6.07, 6.45) is 0. The SMILES string of the molecule is Cc1cccc(CN)c1Oc1ccc(F)cc1Cl. The van der Waals surface area contributed by atoms with Gasteiger partial charge in [0.1, 0.15) is 17.3 Å². The maximum atomic E-state index is 13.0. The van der Waals surface area contributed by atoms with E-state index in [2.05, 4.69) is 0 Å². The van der Waals surface area contributed by atoms with Gasteiger partial charge in [-0.15, -0.1) is 0 Å². The Balaban J connectivity index is 2.39. The lowest BCUT2D eigenvalue weighted by atomic mass is 10.1. The summed E-state index contributed by atoms with van der Waals surface area (Å²) in [5, 5.41) is 0.237. The van der Waals surface area contributed by atoms with Crippen LogP contribution in [-0.2, 0) is 6.54 Å². The molecule has 0 bridgehead atoms. The van der Waals surface area contributed by atoms with Crippen LogP contribution in [0, 0.1) is 12.7 Å². The number of rotatable bonds is 3. The lowest BCUT2D eigenvalue weighted by Gasteiger charge is -2.13. The summed E-state index contributed by atoms with van der Waals surface area (Å²) in [5.41, 5.74) is 7.50. The molecule has 0 spiro atoms. The van der Waals surface area contributed by atoms with Crippen molar-refractivity contribution in [3.63, 3.8) is 0 Å². The highest BCUT2D eigenvalue weighted by Crippen LogP contribution is 2.33. The van der Waals surface area contributed by atoms with Crippen LogP contribution in [0.2, 0.25) is 5.02 Å². The number of hydrogen-bond donors (Lipinski definition) is 1. The van der Waals surface area contributed by atoms with Crippen LogP contribution in [-0.4, -0.2) is 0 Å². The first-order valence-electron chi connectivity index (χ1n) is 5.53. The fourth-order valence-electron chi connectivity index (χ4n) is 1.69. The lowest BCUT2D eigenvalue weighted by Crippen LogP contribution is -2.01. The van der Waals surface area contributed by atoms with Crippen molar-refractivity contribution < 1.29 is 9.13 Å². The number of ether oxygens (including phenoxy) is 1. The number of hydrogen-bond acceptors (Lipinski definition) is 2. The molecule has 2 rings (SSSR count). The molecule has 0 heterocycles. The highest BCUT2D eigenvalue weighted by molar-refractivity contribution is 6.32. The molecule has 0 radical (unpaired) electrons. The zero-order valence-corrected chi connectivity index (χ0v) is 10.7. The molecule has 2 aromatic carbocycles. The van der Waals surface area contributed by atoms with Crippen LogP contribution < -0.4 is 10.5 Å². The van der Waals surface area contributed by atoms with Crippen molar-refractivity contribution in [1.82, 2.24) is 0 Å². The number of para-hydroxylation sites is 1. The summed E-state index contributed by atoms with van der Waals surface area (Å²) in [4.78, 5) is 0. The Labute approximate surface area is 110 Å². The van der Waals surface area contributed by atoms with Crippen molar-refractivity contribution in [2.24, 2.45) is 5.73 Å². The largest absolute Gasteiger partial charge is 0.455 e. The van der Waals surface area contributed by atoms with Crippen LogP contribution in [0.4, 0.5) is 4.39 Å². The van der Waals surface area contributed by atoms with Crippen molar-refractivity contribution >= 4 is 11.6 Å². The molecule has 0 aromatic heterocycles. The third-order valence-corrected chi connectivity index (χ3v) is 2.91. The maximum Gasteiger partial charge on any atom is 0.146 e. The third kappa shape index (κ3) is 2.63. The molecule has 0 saturated heterocycles. The minimum absolute atomic E-state index is 0.237. The van der Waals surface area contributed by atoms with Gasteiger partial charge in [0.15, 0.2) is 0 Å². The van der Waals surface area contributed by atoms with Crippen molar-refractivity contribution in [1.29, 1.82) is 0 Å². The minimum atomic E-state index is -0.392. The first kappa shape index (κ1) is 12.9. The Hall–Kier alpha value is -1.58. The minimum Gasteiger partial charge on any atom is -0.455 e. The zero-order chi connectivity index (χ0) is 13.1. The second-order valence-corrected chi connectivity index (χ2v) is 4.35. The van der Waals surface area contributed by atoms with Gasteiger partial charge in [0.2, 0.25) is 0 Å². The van der Waals surface area contributed by atoms with Gasteiger partial charge in [-0.2, -0.15) is 0 Å². The molecule has 2 N–H and O–H groups in total. The van der Waals surface area contributed by atoms with E-state index in [0.717, 1.165) is 11.1 Å². The van der Waals surface area contributed by atoms with E-state index in [9.17, 15) is 4.39 Å². The van der Waals surface area contributed by atoms with E-state index >= 15 is 0 Å². The van der Waals surface area contributed by atoms with Gasteiger partial charge in [-0.1, -0.05) is 29.8 Å². The second kappa shape index (κ2) is 5.38. The van der Waals surface area contributed by atoms with E-state index in [0.29, 0.717) is 18.0 Å². The molecule has 0 fully saturated rings. The van der Waals surface area contributed by atoms with Gasteiger partial charge in [0.25, 0.3) is 0 Å². The van der Waals surface area contributed by atoms with Crippen LogP contribution in [0.3, 0.4) is 0 Å². The fourth-order valence-corrected chi connectivity index (χ4v) is 1.89. The van der Waals surface area contributed by atoms with E-state index in [-0.39, 0.29) is 5.02 Å². The molecular formula is C14H13ClFNO. The van der Waals surface area contributed by atoms with E-state index in [1.165, 1.54) is 18.2 Å². The summed E-state index contributed by atoms with van der Waals surface area (Å²) >= 11 is 5.93. The Bertz CT molecular complexity index is 572. The van der Waals surface area contributed by atoms with Crippen LogP contribution in [0.25, 0.3) is 0 Å². The van der Waals surface area contributed by atoms with Gasteiger partial charge in [0.05, 0.1) is 5.02 Å². The summed E-state index contributed by atoms with van der Waals surface area (Å²) in [6.45, 7) is 2.29. The third-order valence-electron chi connectivity index (χ3n) is 2.62. The standard InChI is InChI=1S/C14H13ClFNO/c1-9-3-2-4-10(8-17)14(9)18-13-6-5-11(16)7-12(13)15/h2-7H,8,17H2,1H3. The van der Waals surface area contributed by atoms with Gasteiger partial charge in [-0.3, -0.25) is 0 Å². The van der Waals surface area contributed by atoms with Crippen LogP contribution >= 0.6 is 11.6 Å². The molecule has 2 nitrogen and oxygen atoms in total. The monoisotopic (exact) mass is 265 g/mol. The molecule has 0 amide bonds. The Morgan fingerprint density at radius 3 is 2.72 bits per heavy atom. The summed E-state index contributed by atoms with van der Waals surface area (Å²) in [6, 6.07) is 9.76. The smallest absolute Gasteiger partial charge is 0.146 e. The Kier molecular flexibility index (Phi) is 3.84. The molecular weight excluding hydrogens is 253 g/mol. The highest BCUT2D eigenvalue weighted by Gasteiger charge is 2.10. The number of benzene rings is 2. The van der Waals surface area contributed by atoms with Gasteiger partial charge >= 0.3 is 0 Å². The molecule has 0 atom stereocenters. The fraction of sp³-hybridized carbons (Fsp3) is 0.143. The molecule has 2 aromatic rings. The molecule has 18 heavy (non-hydrogen) atoms. The zero-order valence-electron chi connectivity index (χ0n) is 9.91. The second-order valence-electron chi connectivity index (χ2n) is 3.94. The predicted octanol–water partition coefficient (Wildman–Crippen LogP) is 4.04. The van der Waals surface area contributed by atoms with Crippen LogP contribution in [0.15, 0.2) is 36.4 Å². The average Bonchev–Trinajstić information content (AvgIpc) is 2.34. The molecule has 0 unspecified atom stereocenters. The molecule has 4 heteroatoms. The first-order chi connectivity index (χ1) is 8.61. The average molecular weight is 266 g/mol. The lowest BCUT2D eigenvalue weighted by molar-refractivity contribution is 0.471. The summed E-state index contributed by atoms with van der Waals surface area (Å²) in [5.74, 6) is 0.701. The quantitative estimate of drug-likeness (QED) is 0.909. The van der Waals surface area contributed by atoms with E-state index < -0.39 is 5.82 Å². The number of halogens is 2. The molecule has 0 saturated carbocycles. The molecule has 0 aliphatic rings. The predicted molar refractivity (Wildman–Crippen MR) is 70.6 cm³/mol. The molecule has 0 aliphatic heterocycles. The first-order valence-corrected chi connectivity index (χ1v) is 5.91. The Morgan fingerprint density at radius 2 is 2.06 bits per heavy atom. The summed E-state index contributed by atoms with van der Waals surface area (Å²) in [7, 11) is 0. The van der Waals surface area contributed by atoms with Gasteiger partial charge in [0, 0.05) is 12.1 Å². The van der Waals surface area contributed by atoms with E-state index in [1.54, 1.807) is 0 Å². The van der Waals surface area contributed by atoms with Crippen LogP contribution in [0.1, 0.15) is 11.1 Å². The molecule has 0 aliphatic carbocycles. The van der Waals surface area contributed by atoms with E-state index in [1.807, 2.05) is 25.1 Å². The van der Waals surface area contributed by atoms with Gasteiger partial charge < -0.3 is 10.5 Å². The number of nitrogens with two attached hydrogens (primary N) is 1.